The molecule has 8 nitrogen and oxygen atoms in total. The summed E-state index contributed by atoms with van der Waals surface area (Å²) in [7, 11) is 0. The van der Waals surface area contributed by atoms with Gasteiger partial charge in [-0.1, -0.05) is 55.1 Å². The highest BCUT2D eigenvalue weighted by atomic mass is 16.7. The van der Waals surface area contributed by atoms with E-state index in [4.69, 9.17) is 20.3 Å². The van der Waals surface area contributed by atoms with Crippen molar-refractivity contribution in [1.29, 1.82) is 0 Å². The van der Waals surface area contributed by atoms with Crippen LogP contribution in [0.4, 0.5) is 11.4 Å². The molecule has 0 bridgehead atoms. The number of carbonyl (C=O) groups is 1. The highest BCUT2D eigenvalue weighted by Gasteiger charge is 2.30. The first-order valence-corrected chi connectivity index (χ1v) is 11.2. The average molecular weight is 468 g/mol. The second-order valence-electron chi connectivity index (χ2n) is 8.20. The molecule has 0 radical (unpaired) electrons. The van der Waals surface area contributed by atoms with E-state index in [2.05, 4.69) is 17.0 Å². The number of fused-ring (bicyclic) bond motifs is 2. The number of nitrogens with zero attached hydrogens (tertiary/aromatic N) is 3. The predicted octanol–water partition coefficient (Wildman–Crippen LogP) is 4.28. The van der Waals surface area contributed by atoms with Crippen molar-refractivity contribution < 1.29 is 14.3 Å². The summed E-state index contributed by atoms with van der Waals surface area (Å²) in [5.41, 5.74) is 4.70. The van der Waals surface area contributed by atoms with Gasteiger partial charge in [0.1, 0.15) is 5.84 Å². The van der Waals surface area contributed by atoms with Crippen molar-refractivity contribution in [1.82, 2.24) is 0 Å². The van der Waals surface area contributed by atoms with Crippen molar-refractivity contribution in [3.63, 3.8) is 0 Å². The van der Waals surface area contributed by atoms with E-state index in [1.54, 1.807) is 25.1 Å². The molecule has 2 heterocycles. The van der Waals surface area contributed by atoms with Crippen molar-refractivity contribution in [3.05, 3.63) is 96.2 Å². The maximum atomic E-state index is 13.1. The SMILES string of the molecule is C=C1C(CC(=O)Nc2ccc3c(c2)OCO3)N=C(c2ccccc2)c2ccccc2N1/C(C)=N\N. The summed E-state index contributed by atoms with van der Waals surface area (Å²) in [6.07, 6.45) is 0.0753. The number of hydrogen-bond donors (Lipinski definition) is 2. The van der Waals surface area contributed by atoms with E-state index in [0.29, 0.717) is 28.7 Å². The normalized spacial score (nSPS) is 16.9. The van der Waals surface area contributed by atoms with Crippen LogP contribution >= 0.6 is 0 Å². The predicted molar refractivity (Wildman–Crippen MR) is 137 cm³/mol. The van der Waals surface area contributed by atoms with Gasteiger partial charge in [0, 0.05) is 28.6 Å². The summed E-state index contributed by atoms with van der Waals surface area (Å²) in [5, 5.41) is 6.86. The Bertz CT molecular complexity index is 1350. The van der Waals surface area contributed by atoms with Crippen LogP contribution in [0, 0.1) is 0 Å². The van der Waals surface area contributed by atoms with Crippen LogP contribution in [0.15, 0.2) is 95.2 Å². The van der Waals surface area contributed by atoms with Gasteiger partial charge in [0.25, 0.3) is 0 Å². The number of amidine groups is 1. The summed E-state index contributed by atoms with van der Waals surface area (Å²) in [5.74, 6) is 7.27. The molecule has 2 aliphatic heterocycles. The van der Waals surface area contributed by atoms with Gasteiger partial charge in [-0.05, 0) is 25.1 Å². The van der Waals surface area contributed by atoms with Crippen LogP contribution < -0.4 is 25.5 Å². The first-order valence-electron chi connectivity index (χ1n) is 11.2. The molecule has 1 atom stereocenters. The lowest BCUT2D eigenvalue weighted by Crippen LogP contribution is -2.34. The maximum Gasteiger partial charge on any atom is 0.231 e. The second-order valence-corrected chi connectivity index (χ2v) is 8.20. The van der Waals surface area contributed by atoms with Crippen LogP contribution in [0.1, 0.15) is 24.5 Å². The highest BCUT2D eigenvalue weighted by molar-refractivity contribution is 6.19. The molecule has 0 aliphatic carbocycles. The Morgan fingerprint density at radius 1 is 1.11 bits per heavy atom. The maximum absolute atomic E-state index is 13.1. The number of amides is 1. The number of aliphatic imine (C=N–C) groups is 1. The fourth-order valence-corrected chi connectivity index (χ4v) is 4.26. The molecular formula is C27H25N5O3. The largest absolute Gasteiger partial charge is 0.454 e. The quantitative estimate of drug-likeness (QED) is 0.258. The summed E-state index contributed by atoms with van der Waals surface area (Å²) in [6.45, 7) is 6.28. The molecule has 0 saturated heterocycles. The number of hydrazone groups is 1. The minimum atomic E-state index is -0.552. The van der Waals surface area contributed by atoms with Crippen molar-refractivity contribution in [2.45, 2.75) is 19.4 Å². The number of benzene rings is 3. The van der Waals surface area contributed by atoms with E-state index < -0.39 is 6.04 Å². The van der Waals surface area contributed by atoms with Crippen molar-refractivity contribution in [2.75, 3.05) is 17.0 Å². The monoisotopic (exact) mass is 467 g/mol. The third-order valence-corrected chi connectivity index (χ3v) is 5.95. The number of hydrogen-bond acceptors (Lipinski definition) is 6. The van der Waals surface area contributed by atoms with E-state index >= 15 is 0 Å². The Labute approximate surface area is 203 Å². The van der Waals surface area contributed by atoms with E-state index in [0.717, 1.165) is 22.5 Å². The molecule has 2 aliphatic rings. The Hall–Kier alpha value is -4.59. The van der Waals surface area contributed by atoms with Gasteiger partial charge >= 0.3 is 0 Å². The van der Waals surface area contributed by atoms with Gasteiger partial charge in [0.15, 0.2) is 11.5 Å². The zero-order chi connectivity index (χ0) is 24.4. The van der Waals surface area contributed by atoms with E-state index in [9.17, 15) is 4.79 Å². The van der Waals surface area contributed by atoms with Gasteiger partial charge in [0.2, 0.25) is 12.7 Å². The molecule has 0 spiro atoms. The van der Waals surface area contributed by atoms with Crippen LogP contribution in [0.5, 0.6) is 11.5 Å². The minimum Gasteiger partial charge on any atom is -0.454 e. The van der Waals surface area contributed by atoms with Gasteiger partial charge in [-0.25, -0.2) is 0 Å². The zero-order valence-electron chi connectivity index (χ0n) is 19.3. The number of nitrogens with one attached hydrogen (secondary N) is 1. The molecule has 3 aromatic carbocycles. The molecule has 3 aromatic rings. The van der Waals surface area contributed by atoms with Crippen LogP contribution in [-0.4, -0.2) is 30.3 Å². The van der Waals surface area contributed by atoms with Crippen molar-refractivity contribution in [3.8, 4) is 11.5 Å². The number of ether oxygens (including phenoxy) is 2. The number of benzodiazepines with no additional fused rings is 1. The fraction of sp³-hybridized carbons (Fsp3) is 0.148. The third kappa shape index (κ3) is 4.33. The summed E-state index contributed by atoms with van der Waals surface area (Å²) in [4.78, 5) is 20.1. The Morgan fingerprint density at radius 2 is 1.86 bits per heavy atom. The van der Waals surface area contributed by atoms with Crippen molar-refractivity contribution in [2.24, 2.45) is 15.9 Å². The molecule has 8 heteroatoms. The summed E-state index contributed by atoms with van der Waals surface area (Å²) < 4.78 is 10.8. The van der Waals surface area contributed by atoms with E-state index in [1.807, 2.05) is 59.5 Å². The summed E-state index contributed by atoms with van der Waals surface area (Å²) >= 11 is 0. The molecule has 5 rings (SSSR count). The Morgan fingerprint density at radius 3 is 2.66 bits per heavy atom. The van der Waals surface area contributed by atoms with Gasteiger partial charge < -0.3 is 20.6 Å². The van der Waals surface area contributed by atoms with Gasteiger partial charge in [0.05, 0.1) is 23.9 Å². The Kier molecular flexibility index (Phi) is 5.93. The zero-order valence-corrected chi connectivity index (χ0v) is 19.3. The standard InChI is InChI=1S/C27H25N5O3/c1-17-22(15-26(33)29-20-12-13-24-25(14-20)35-16-34-24)30-27(19-8-4-3-5-9-19)21-10-6-7-11-23(21)32(17)18(2)31-28/h3-14,22H,1,15-16,28H2,2H3,(H,29,33)/b31-18-. The van der Waals surface area contributed by atoms with Crippen LogP contribution in [0.25, 0.3) is 0 Å². The van der Waals surface area contributed by atoms with Crippen LogP contribution in [-0.2, 0) is 4.79 Å². The fourth-order valence-electron chi connectivity index (χ4n) is 4.26. The number of rotatable bonds is 4. The third-order valence-electron chi connectivity index (χ3n) is 5.95. The molecule has 1 unspecified atom stereocenters. The van der Waals surface area contributed by atoms with Crippen LogP contribution in [0.2, 0.25) is 0 Å². The molecule has 176 valence electrons. The molecular weight excluding hydrogens is 442 g/mol. The first-order chi connectivity index (χ1) is 17.0. The number of carbonyl (C=O) groups excluding carboxylic acids is 1. The number of para-hydroxylation sites is 1. The van der Waals surface area contributed by atoms with Gasteiger partial charge in [-0.2, -0.15) is 5.10 Å². The highest BCUT2D eigenvalue weighted by Crippen LogP contribution is 2.35. The molecule has 0 saturated carbocycles. The van der Waals surface area contributed by atoms with Crippen LogP contribution in [0.3, 0.4) is 0 Å². The number of anilines is 2. The van der Waals surface area contributed by atoms with Crippen molar-refractivity contribution >= 4 is 28.8 Å². The molecule has 1 amide bonds. The molecule has 3 N–H and O–H groups in total. The first kappa shape index (κ1) is 22.2. The lowest BCUT2D eigenvalue weighted by Gasteiger charge is -2.28. The Balaban J connectivity index is 1.51. The lowest BCUT2D eigenvalue weighted by molar-refractivity contribution is -0.116. The number of nitrogens with two attached hydrogens (primary N) is 1. The second kappa shape index (κ2) is 9.34. The molecule has 35 heavy (non-hydrogen) atoms. The van der Waals surface area contributed by atoms with Gasteiger partial charge in [-0.15, -0.1) is 0 Å². The van der Waals surface area contributed by atoms with E-state index in [1.165, 1.54) is 0 Å². The topological polar surface area (TPSA) is 102 Å². The lowest BCUT2D eigenvalue weighted by atomic mass is 10.00. The average Bonchev–Trinajstić information content (AvgIpc) is 3.31. The van der Waals surface area contributed by atoms with Gasteiger partial charge in [-0.3, -0.25) is 14.7 Å². The van der Waals surface area contributed by atoms with E-state index in [-0.39, 0.29) is 19.1 Å². The summed E-state index contributed by atoms with van der Waals surface area (Å²) in [6, 6.07) is 22.5. The minimum absolute atomic E-state index is 0.0753. The smallest absolute Gasteiger partial charge is 0.231 e. The molecule has 0 aromatic heterocycles. The molecule has 0 fully saturated rings.